The standard InChI is InChI=1S/C10H8BrN3OS/c1-6(5-12)4-9-13-10(14-15-9)7-2-3-8(11)16-7/h2-3,6H,4H2,1H3. The lowest BCUT2D eigenvalue weighted by molar-refractivity contribution is 0.370. The lowest BCUT2D eigenvalue weighted by atomic mass is 10.1. The fraction of sp³-hybridized carbons (Fsp3) is 0.300. The topological polar surface area (TPSA) is 62.7 Å². The Labute approximate surface area is 105 Å². The van der Waals surface area contributed by atoms with Gasteiger partial charge in [0.25, 0.3) is 0 Å². The summed E-state index contributed by atoms with van der Waals surface area (Å²) in [6, 6.07) is 6.00. The number of aromatic nitrogens is 2. The molecule has 0 saturated carbocycles. The van der Waals surface area contributed by atoms with Gasteiger partial charge in [-0.15, -0.1) is 11.3 Å². The van der Waals surface area contributed by atoms with Crippen molar-refractivity contribution in [3.8, 4) is 16.8 Å². The summed E-state index contributed by atoms with van der Waals surface area (Å²) in [6.45, 7) is 1.83. The first kappa shape index (κ1) is 11.3. The van der Waals surface area contributed by atoms with Crippen LogP contribution in [0.15, 0.2) is 20.4 Å². The highest BCUT2D eigenvalue weighted by Crippen LogP contribution is 2.29. The molecule has 0 aromatic carbocycles. The van der Waals surface area contributed by atoms with Crippen LogP contribution >= 0.6 is 27.3 Å². The van der Waals surface area contributed by atoms with E-state index in [0.717, 1.165) is 8.66 Å². The minimum absolute atomic E-state index is 0.108. The number of nitrogens with zero attached hydrogens (tertiary/aromatic N) is 3. The molecule has 2 rings (SSSR count). The number of hydrogen-bond acceptors (Lipinski definition) is 5. The SMILES string of the molecule is CC(C#N)Cc1nc(-c2ccc(Br)s2)no1. The predicted octanol–water partition coefficient (Wildman–Crippen LogP) is 3.26. The summed E-state index contributed by atoms with van der Waals surface area (Å²) >= 11 is 4.92. The smallest absolute Gasteiger partial charge is 0.228 e. The van der Waals surface area contributed by atoms with Gasteiger partial charge in [-0.1, -0.05) is 5.16 Å². The summed E-state index contributed by atoms with van der Waals surface area (Å²) < 4.78 is 6.11. The Morgan fingerprint density at radius 3 is 3.06 bits per heavy atom. The molecule has 2 aromatic rings. The molecule has 0 aliphatic heterocycles. The first-order valence-electron chi connectivity index (χ1n) is 4.67. The zero-order chi connectivity index (χ0) is 11.5. The summed E-state index contributed by atoms with van der Waals surface area (Å²) in [4.78, 5) is 5.19. The van der Waals surface area contributed by atoms with Crippen LogP contribution in [0.4, 0.5) is 0 Å². The maximum absolute atomic E-state index is 8.68. The molecule has 6 heteroatoms. The van der Waals surface area contributed by atoms with E-state index in [1.54, 1.807) is 11.3 Å². The van der Waals surface area contributed by atoms with E-state index in [1.165, 1.54) is 0 Å². The summed E-state index contributed by atoms with van der Waals surface area (Å²) in [5.74, 6) is 0.979. The molecule has 0 amide bonds. The maximum Gasteiger partial charge on any atom is 0.228 e. The van der Waals surface area contributed by atoms with Gasteiger partial charge in [0.2, 0.25) is 11.7 Å². The Morgan fingerprint density at radius 2 is 2.44 bits per heavy atom. The molecular weight excluding hydrogens is 290 g/mol. The Bertz CT molecular complexity index is 528. The van der Waals surface area contributed by atoms with Gasteiger partial charge in [-0.2, -0.15) is 10.2 Å². The van der Waals surface area contributed by atoms with Crippen LogP contribution in [0.3, 0.4) is 0 Å². The van der Waals surface area contributed by atoms with Crippen LogP contribution in [0.25, 0.3) is 10.7 Å². The molecule has 1 unspecified atom stereocenters. The number of rotatable bonds is 3. The largest absolute Gasteiger partial charge is 0.339 e. The van der Waals surface area contributed by atoms with Crippen LogP contribution in [-0.4, -0.2) is 10.1 Å². The Morgan fingerprint density at radius 1 is 1.62 bits per heavy atom. The molecule has 0 bridgehead atoms. The van der Waals surface area contributed by atoms with Gasteiger partial charge < -0.3 is 4.52 Å². The molecule has 0 saturated heterocycles. The van der Waals surface area contributed by atoms with Gasteiger partial charge in [-0.25, -0.2) is 0 Å². The van der Waals surface area contributed by atoms with Gasteiger partial charge in [0, 0.05) is 6.42 Å². The molecule has 0 spiro atoms. The molecule has 0 aliphatic rings. The normalized spacial score (nSPS) is 12.3. The highest BCUT2D eigenvalue weighted by atomic mass is 79.9. The van der Waals surface area contributed by atoms with Crippen LogP contribution in [-0.2, 0) is 6.42 Å². The van der Waals surface area contributed by atoms with Gasteiger partial charge in [0.15, 0.2) is 0 Å². The molecule has 0 radical (unpaired) electrons. The quantitative estimate of drug-likeness (QED) is 0.872. The van der Waals surface area contributed by atoms with Gasteiger partial charge in [-0.05, 0) is 35.0 Å². The van der Waals surface area contributed by atoms with Gasteiger partial charge in [-0.3, -0.25) is 0 Å². The van der Waals surface area contributed by atoms with E-state index >= 15 is 0 Å². The van der Waals surface area contributed by atoms with Gasteiger partial charge >= 0.3 is 0 Å². The molecule has 0 aliphatic carbocycles. The molecule has 0 fully saturated rings. The number of nitriles is 1. The highest BCUT2D eigenvalue weighted by Gasteiger charge is 2.12. The van der Waals surface area contributed by atoms with Crippen molar-refractivity contribution in [3.63, 3.8) is 0 Å². The number of thiophene rings is 1. The van der Waals surface area contributed by atoms with Crippen LogP contribution in [0.5, 0.6) is 0 Å². The van der Waals surface area contributed by atoms with Gasteiger partial charge in [0.1, 0.15) is 0 Å². The summed E-state index contributed by atoms with van der Waals surface area (Å²) in [5.41, 5.74) is 0. The van der Waals surface area contributed by atoms with Crippen molar-refractivity contribution in [2.45, 2.75) is 13.3 Å². The minimum Gasteiger partial charge on any atom is -0.339 e. The van der Waals surface area contributed by atoms with Gasteiger partial charge in [0.05, 0.1) is 20.7 Å². The maximum atomic E-state index is 8.68. The molecule has 1 atom stereocenters. The van der Waals surface area contributed by atoms with E-state index in [1.807, 2.05) is 19.1 Å². The number of hydrogen-bond donors (Lipinski definition) is 0. The third-order valence-electron chi connectivity index (χ3n) is 1.96. The van der Waals surface area contributed by atoms with E-state index < -0.39 is 0 Å². The van der Waals surface area contributed by atoms with Crippen molar-refractivity contribution in [3.05, 3.63) is 21.8 Å². The van der Waals surface area contributed by atoms with E-state index in [4.69, 9.17) is 9.78 Å². The van der Waals surface area contributed by atoms with Crippen LogP contribution in [0, 0.1) is 17.2 Å². The van der Waals surface area contributed by atoms with E-state index in [-0.39, 0.29) is 5.92 Å². The molecule has 4 nitrogen and oxygen atoms in total. The fourth-order valence-electron chi connectivity index (χ4n) is 1.18. The fourth-order valence-corrected chi connectivity index (χ4v) is 2.49. The first-order valence-corrected chi connectivity index (χ1v) is 6.28. The zero-order valence-corrected chi connectivity index (χ0v) is 10.9. The average molecular weight is 298 g/mol. The lowest BCUT2D eigenvalue weighted by Gasteiger charge is -1.93. The van der Waals surface area contributed by atoms with Crippen molar-refractivity contribution >= 4 is 27.3 Å². The van der Waals surface area contributed by atoms with E-state index in [9.17, 15) is 0 Å². The van der Waals surface area contributed by atoms with Crippen molar-refractivity contribution in [2.24, 2.45) is 5.92 Å². The molecule has 2 heterocycles. The third kappa shape index (κ3) is 2.49. The molecular formula is C10H8BrN3OS. The predicted molar refractivity (Wildman–Crippen MR) is 63.8 cm³/mol. The average Bonchev–Trinajstić information content (AvgIpc) is 2.87. The second-order valence-corrected chi connectivity index (χ2v) is 5.81. The van der Waals surface area contributed by atoms with Crippen molar-refractivity contribution in [1.29, 1.82) is 5.26 Å². The molecule has 0 N–H and O–H groups in total. The van der Waals surface area contributed by atoms with Crippen LogP contribution in [0.1, 0.15) is 12.8 Å². The Balaban J connectivity index is 2.17. The first-order chi connectivity index (χ1) is 7.69. The Hall–Kier alpha value is -1.19. The molecule has 16 heavy (non-hydrogen) atoms. The summed E-state index contributed by atoms with van der Waals surface area (Å²) in [5, 5.41) is 12.6. The molecule has 2 aromatic heterocycles. The second kappa shape index (κ2) is 4.76. The van der Waals surface area contributed by atoms with Crippen molar-refractivity contribution < 1.29 is 4.52 Å². The third-order valence-corrected chi connectivity index (χ3v) is 3.58. The van der Waals surface area contributed by atoms with E-state index in [0.29, 0.717) is 18.1 Å². The summed E-state index contributed by atoms with van der Waals surface area (Å²) in [6.07, 6.45) is 0.496. The molecule has 82 valence electrons. The van der Waals surface area contributed by atoms with Crippen LogP contribution < -0.4 is 0 Å². The number of halogens is 1. The van der Waals surface area contributed by atoms with Crippen molar-refractivity contribution in [2.75, 3.05) is 0 Å². The van der Waals surface area contributed by atoms with Crippen molar-refractivity contribution in [1.82, 2.24) is 10.1 Å². The second-order valence-electron chi connectivity index (χ2n) is 3.35. The van der Waals surface area contributed by atoms with Crippen LogP contribution in [0.2, 0.25) is 0 Å². The van der Waals surface area contributed by atoms with E-state index in [2.05, 4.69) is 32.1 Å². The Kier molecular flexibility index (Phi) is 3.36. The lowest BCUT2D eigenvalue weighted by Crippen LogP contribution is -1.95. The highest BCUT2D eigenvalue weighted by molar-refractivity contribution is 9.11. The zero-order valence-electron chi connectivity index (χ0n) is 8.48. The summed E-state index contributed by atoms with van der Waals surface area (Å²) in [7, 11) is 0. The monoisotopic (exact) mass is 297 g/mol. The minimum atomic E-state index is -0.108.